The molecule has 2 aromatic rings. The Kier molecular flexibility index (Phi) is 6.82. The third-order valence-electron chi connectivity index (χ3n) is 4.47. The van der Waals surface area contributed by atoms with Crippen molar-refractivity contribution in [3.63, 3.8) is 0 Å². The minimum absolute atomic E-state index is 0.00390. The molecule has 0 unspecified atom stereocenters. The summed E-state index contributed by atoms with van der Waals surface area (Å²) in [6.45, 7) is 2.40. The van der Waals surface area contributed by atoms with Gasteiger partial charge in [0.15, 0.2) is 0 Å². The van der Waals surface area contributed by atoms with Crippen LogP contribution in [-0.2, 0) is 9.47 Å². The molecule has 0 N–H and O–H groups in total. The van der Waals surface area contributed by atoms with E-state index in [9.17, 15) is 0 Å². The summed E-state index contributed by atoms with van der Waals surface area (Å²) < 4.78 is 16.4. The molecule has 2 aromatic carbocycles. The Labute approximate surface area is 147 Å². The number of benzene rings is 2. The summed E-state index contributed by atoms with van der Waals surface area (Å²) in [6, 6.07) is 13.1. The topological polar surface area (TPSA) is 27.7 Å². The van der Waals surface area contributed by atoms with Gasteiger partial charge in [0.05, 0.1) is 19.8 Å². The van der Waals surface area contributed by atoms with Crippen LogP contribution in [0.25, 0.3) is 10.8 Å². The quantitative estimate of drug-likeness (QED) is 0.565. The van der Waals surface area contributed by atoms with Crippen LogP contribution in [-0.4, -0.2) is 45.0 Å². The molecular formula is C20H28O3S. The lowest BCUT2D eigenvalue weighted by Crippen LogP contribution is -2.10. The van der Waals surface area contributed by atoms with Gasteiger partial charge in [-0.3, -0.25) is 0 Å². The van der Waals surface area contributed by atoms with E-state index in [-0.39, 0.29) is 10.9 Å². The third-order valence-corrected chi connectivity index (χ3v) is 7.26. The Morgan fingerprint density at radius 1 is 0.833 bits per heavy atom. The second-order valence-corrected chi connectivity index (χ2v) is 8.59. The van der Waals surface area contributed by atoms with Crippen LogP contribution in [0.3, 0.4) is 0 Å². The third kappa shape index (κ3) is 4.44. The molecule has 132 valence electrons. The molecule has 0 atom stereocenters. The molecule has 3 rings (SSSR count). The summed E-state index contributed by atoms with van der Waals surface area (Å²) >= 11 is 0. The number of hydrogen-bond donors (Lipinski definition) is 1. The molecule has 1 fully saturated rings. The van der Waals surface area contributed by atoms with Gasteiger partial charge in [-0.1, -0.05) is 30.7 Å². The average molecular weight is 349 g/mol. The van der Waals surface area contributed by atoms with Crippen LogP contribution in [0.5, 0.6) is 5.75 Å². The lowest BCUT2D eigenvalue weighted by molar-refractivity contribution is 0.0547. The van der Waals surface area contributed by atoms with Crippen LogP contribution in [0.4, 0.5) is 0 Å². The number of rotatable bonds is 8. The lowest BCUT2D eigenvalue weighted by atomic mass is 10.1. The van der Waals surface area contributed by atoms with Crippen LogP contribution >= 0.6 is 10.9 Å². The molecule has 0 bridgehead atoms. The molecule has 1 heterocycles. The summed E-state index contributed by atoms with van der Waals surface area (Å²) in [5.41, 5.74) is 0. The van der Waals surface area contributed by atoms with Crippen LogP contribution in [0.2, 0.25) is 0 Å². The molecule has 0 amide bonds. The Bertz CT molecular complexity index is 638. The van der Waals surface area contributed by atoms with Crippen molar-refractivity contribution in [3.05, 3.63) is 36.4 Å². The summed E-state index contributed by atoms with van der Waals surface area (Å²) in [7, 11) is 1.69. The molecule has 0 aromatic heterocycles. The van der Waals surface area contributed by atoms with Crippen LogP contribution in [0, 0.1) is 0 Å². The highest BCUT2D eigenvalue weighted by molar-refractivity contribution is 8.17. The first-order valence-electron chi connectivity index (χ1n) is 8.86. The van der Waals surface area contributed by atoms with Crippen molar-refractivity contribution >= 4 is 21.7 Å². The SMILES string of the molecule is COCCOCCOc1ccc([SH]2CCCCC2)c2ccccc12. The summed E-state index contributed by atoms with van der Waals surface area (Å²) in [5, 5.41) is 2.61. The largest absolute Gasteiger partial charge is 0.491 e. The fourth-order valence-electron chi connectivity index (χ4n) is 3.25. The number of methoxy groups -OCH3 is 1. The fraction of sp³-hybridized carbons (Fsp3) is 0.500. The monoisotopic (exact) mass is 348 g/mol. The molecule has 4 heteroatoms. The molecule has 24 heavy (non-hydrogen) atoms. The van der Waals surface area contributed by atoms with E-state index in [2.05, 4.69) is 36.4 Å². The van der Waals surface area contributed by atoms with Crippen molar-refractivity contribution in [1.29, 1.82) is 0 Å². The van der Waals surface area contributed by atoms with Gasteiger partial charge in [0.1, 0.15) is 12.4 Å². The van der Waals surface area contributed by atoms with Crippen molar-refractivity contribution in [2.45, 2.75) is 24.2 Å². The van der Waals surface area contributed by atoms with Crippen molar-refractivity contribution < 1.29 is 14.2 Å². The summed E-state index contributed by atoms with van der Waals surface area (Å²) in [4.78, 5) is 1.56. The first kappa shape index (κ1) is 17.6. The molecule has 3 nitrogen and oxygen atoms in total. The van der Waals surface area contributed by atoms with Gasteiger partial charge in [-0.15, -0.1) is 0 Å². The molecule has 1 aliphatic heterocycles. The predicted octanol–water partition coefficient (Wildman–Crippen LogP) is 4.43. The van der Waals surface area contributed by atoms with Crippen molar-refractivity contribution in [3.8, 4) is 5.75 Å². The first-order chi connectivity index (χ1) is 11.9. The van der Waals surface area contributed by atoms with Crippen LogP contribution < -0.4 is 4.74 Å². The maximum atomic E-state index is 5.98. The number of thiol groups is 1. The molecule has 0 spiro atoms. The van der Waals surface area contributed by atoms with Gasteiger partial charge in [-0.25, -0.2) is 10.9 Å². The standard InChI is InChI=1S/C20H28O3S/c1-21-11-12-22-13-14-23-19-9-10-20(24-15-5-2-6-16-24)18-8-4-3-7-17(18)19/h3-4,7-10,24H,2,5-6,11-16H2,1H3. The second-order valence-electron chi connectivity index (χ2n) is 6.13. The number of hydrogen-bond acceptors (Lipinski definition) is 3. The predicted molar refractivity (Wildman–Crippen MR) is 103 cm³/mol. The Balaban J connectivity index is 1.71. The van der Waals surface area contributed by atoms with Gasteiger partial charge in [0.2, 0.25) is 0 Å². The minimum atomic E-state index is 0.00390. The lowest BCUT2D eigenvalue weighted by Gasteiger charge is -2.28. The first-order valence-corrected chi connectivity index (χ1v) is 10.6. The average Bonchev–Trinajstić information content (AvgIpc) is 2.65. The van der Waals surface area contributed by atoms with Gasteiger partial charge in [0, 0.05) is 12.5 Å². The van der Waals surface area contributed by atoms with E-state index in [1.807, 2.05) is 0 Å². The molecular weight excluding hydrogens is 320 g/mol. The van der Waals surface area contributed by atoms with Gasteiger partial charge in [-0.05, 0) is 46.8 Å². The zero-order valence-corrected chi connectivity index (χ0v) is 15.4. The highest BCUT2D eigenvalue weighted by Gasteiger charge is 2.15. The Hall–Kier alpha value is -1.23. The second kappa shape index (κ2) is 9.30. The van der Waals surface area contributed by atoms with E-state index in [0.29, 0.717) is 26.4 Å². The van der Waals surface area contributed by atoms with Crippen molar-refractivity contribution in [2.24, 2.45) is 0 Å². The number of ether oxygens (including phenoxy) is 3. The molecule has 0 radical (unpaired) electrons. The molecule has 1 aliphatic rings. The fourth-order valence-corrected chi connectivity index (χ4v) is 5.98. The maximum absolute atomic E-state index is 5.98. The molecule has 0 aliphatic carbocycles. The smallest absolute Gasteiger partial charge is 0.127 e. The number of fused-ring (bicyclic) bond motifs is 1. The van der Waals surface area contributed by atoms with Gasteiger partial charge < -0.3 is 14.2 Å². The van der Waals surface area contributed by atoms with E-state index < -0.39 is 0 Å². The minimum Gasteiger partial charge on any atom is -0.491 e. The van der Waals surface area contributed by atoms with E-state index in [4.69, 9.17) is 14.2 Å². The highest BCUT2D eigenvalue weighted by Crippen LogP contribution is 2.46. The zero-order valence-electron chi connectivity index (χ0n) is 14.5. The van der Waals surface area contributed by atoms with Crippen LogP contribution in [0.1, 0.15) is 19.3 Å². The maximum Gasteiger partial charge on any atom is 0.127 e. The van der Waals surface area contributed by atoms with Gasteiger partial charge in [-0.2, -0.15) is 0 Å². The van der Waals surface area contributed by atoms with E-state index in [0.717, 1.165) is 5.75 Å². The summed E-state index contributed by atoms with van der Waals surface area (Å²) in [6.07, 6.45) is 4.18. The van der Waals surface area contributed by atoms with E-state index in [1.54, 1.807) is 12.0 Å². The summed E-state index contributed by atoms with van der Waals surface area (Å²) in [5.74, 6) is 3.73. The van der Waals surface area contributed by atoms with E-state index in [1.165, 1.54) is 41.5 Å². The van der Waals surface area contributed by atoms with Gasteiger partial charge in [0.25, 0.3) is 0 Å². The highest BCUT2D eigenvalue weighted by atomic mass is 32.2. The van der Waals surface area contributed by atoms with E-state index >= 15 is 0 Å². The van der Waals surface area contributed by atoms with Crippen molar-refractivity contribution in [2.75, 3.05) is 45.0 Å². The van der Waals surface area contributed by atoms with Crippen molar-refractivity contribution in [1.82, 2.24) is 0 Å². The molecule has 1 saturated heterocycles. The molecule has 0 saturated carbocycles. The Morgan fingerprint density at radius 2 is 1.58 bits per heavy atom. The van der Waals surface area contributed by atoms with Crippen LogP contribution in [0.15, 0.2) is 41.3 Å². The normalized spacial score (nSPS) is 16.5. The van der Waals surface area contributed by atoms with Gasteiger partial charge >= 0.3 is 0 Å². The Morgan fingerprint density at radius 3 is 2.38 bits per heavy atom. The zero-order chi connectivity index (χ0) is 16.6.